The number of rotatable bonds is 4. The van der Waals surface area contributed by atoms with Crippen molar-refractivity contribution in [2.24, 2.45) is 0 Å². The molecule has 0 saturated carbocycles. The molecule has 1 aromatic carbocycles. The number of nitrogens with two attached hydrogens (primary N) is 1. The van der Waals surface area contributed by atoms with E-state index in [1.54, 1.807) is 6.07 Å². The van der Waals surface area contributed by atoms with Gasteiger partial charge in [-0.3, -0.25) is 4.79 Å². The van der Waals surface area contributed by atoms with Crippen LogP contribution in [0.25, 0.3) is 0 Å². The summed E-state index contributed by atoms with van der Waals surface area (Å²) in [6.45, 7) is 0. The van der Waals surface area contributed by atoms with Gasteiger partial charge in [-0.15, -0.1) is 11.8 Å². The Kier molecular flexibility index (Phi) is 3.76. The maximum Gasteiger partial charge on any atom is 0.304 e. The molecule has 76 valence electrons. The number of nitrogen functional groups attached to an aromatic ring is 1. The zero-order chi connectivity index (χ0) is 10.6. The van der Waals surface area contributed by atoms with Gasteiger partial charge in [-0.2, -0.15) is 0 Å². The Bertz CT molecular complexity index is 323. The Morgan fingerprint density at radius 1 is 1.50 bits per heavy atom. The van der Waals surface area contributed by atoms with Crippen molar-refractivity contribution < 1.29 is 14.3 Å². The number of carbonyl (C=O) groups is 1. The number of carboxylic acid groups (broad SMARTS) is 1. The zero-order valence-electron chi connectivity index (χ0n) is 7.37. The monoisotopic (exact) mass is 215 g/mol. The highest BCUT2D eigenvalue weighted by Gasteiger charge is 2.01. The van der Waals surface area contributed by atoms with E-state index in [0.717, 1.165) is 0 Å². The summed E-state index contributed by atoms with van der Waals surface area (Å²) in [4.78, 5) is 10.9. The first-order valence-corrected chi connectivity index (χ1v) is 4.97. The lowest BCUT2D eigenvalue weighted by atomic mass is 10.3. The van der Waals surface area contributed by atoms with E-state index in [1.807, 2.05) is 0 Å². The highest BCUT2D eigenvalue weighted by atomic mass is 32.2. The van der Waals surface area contributed by atoms with Gasteiger partial charge < -0.3 is 10.8 Å². The minimum atomic E-state index is -0.859. The van der Waals surface area contributed by atoms with E-state index in [-0.39, 0.29) is 6.42 Å². The SMILES string of the molecule is Nc1cc(F)cc(SCCC(=O)O)c1. The molecule has 14 heavy (non-hydrogen) atoms. The second-order valence-electron chi connectivity index (χ2n) is 2.71. The smallest absolute Gasteiger partial charge is 0.304 e. The van der Waals surface area contributed by atoms with Crippen LogP contribution in [-0.4, -0.2) is 16.8 Å². The van der Waals surface area contributed by atoms with Gasteiger partial charge >= 0.3 is 5.97 Å². The molecule has 0 fully saturated rings. The predicted octanol–water partition coefficient (Wildman–Crippen LogP) is 1.97. The van der Waals surface area contributed by atoms with Crippen LogP contribution in [0.2, 0.25) is 0 Å². The van der Waals surface area contributed by atoms with Crippen LogP contribution in [0.1, 0.15) is 6.42 Å². The van der Waals surface area contributed by atoms with Crippen molar-refractivity contribution in [1.82, 2.24) is 0 Å². The maximum atomic E-state index is 12.8. The first-order valence-electron chi connectivity index (χ1n) is 3.98. The molecule has 0 atom stereocenters. The van der Waals surface area contributed by atoms with E-state index >= 15 is 0 Å². The Morgan fingerprint density at radius 2 is 2.21 bits per heavy atom. The molecule has 0 aromatic heterocycles. The third kappa shape index (κ3) is 3.66. The van der Waals surface area contributed by atoms with Crippen molar-refractivity contribution in [3.8, 4) is 0 Å². The van der Waals surface area contributed by atoms with Gasteiger partial charge in [0.25, 0.3) is 0 Å². The molecule has 0 bridgehead atoms. The molecule has 1 aromatic rings. The van der Waals surface area contributed by atoms with Crippen molar-refractivity contribution in [3.05, 3.63) is 24.0 Å². The molecule has 0 aliphatic rings. The zero-order valence-corrected chi connectivity index (χ0v) is 8.18. The molecule has 3 nitrogen and oxygen atoms in total. The molecule has 0 aliphatic heterocycles. The summed E-state index contributed by atoms with van der Waals surface area (Å²) in [6.07, 6.45) is 0.0566. The number of anilines is 1. The van der Waals surface area contributed by atoms with Crippen molar-refractivity contribution >= 4 is 23.4 Å². The summed E-state index contributed by atoms with van der Waals surface area (Å²) in [5, 5.41) is 8.39. The standard InChI is InChI=1S/C9H10FNO2S/c10-6-3-7(11)5-8(4-6)14-2-1-9(12)13/h3-5H,1-2,11H2,(H,12,13). The van der Waals surface area contributed by atoms with Gasteiger partial charge in [0.2, 0.25) is 0 Å². The molecule has 1 rings (SSSR count). The van der Waals surface area contributed by atoms with Crippen LogP contribution >= 0.6 is 11.8 Å². The fourth-order valence-corrected chi connectivity index (χ4v) is 1.85. The largest absolute Gasteiger partial charge is 0.481 e. The van der Waals surface area contributed by atoms with Crippen LogP contribution in [0.3, 0.4) is 0 Å². The number of carboxylic acids is 1. The average Bonchev–Trinajstić information content (AvgIpc) is 2.01. The summed E-state index contributed by atoms with van der Waals surface area (Å²) in [7, 11) is 0. The van der Waals surface area contributed by atoms with Gasteiger partial charge in [0.1, 0.15) is 5.82 Å². The quantitative estimate of drug-likeness (QED) is 0.595. The van der Waals surface area contributed by atoms with Gasteiger partial charge in [0.05, 0.1) is 6.42 Å². The summed E-state index contributed by atoms with van der Waals surface area (Å²) in [5.74, 6) is -0.845. The summed E-state index contributed by atoms with van der Waals surface area (Å²) >= 11 is 1.28. The lowest BCUT2D eigenvalue weighted by Crippen LogP contribution is -1.96. The van der Waals surface area contributed by atoms with Gasteiger partial charge in [-0.1, -0.05) is 0 Å². The topological polar surface area (TPSA) is 63.3 Å². The number of thioether (sulfide) groups is 1. The third-order valence-electron chi connectivity index (χ3n) is 1.48. The number of aliphatic carboxylic acids is 1. The fraction of sp³-hybridized carbons (Fsp3) is 0.222. The van der Waals surface area contributed by atoms with E-state index in [0.29, 0.717) is 16.3 Å². The van der Waals surface area contributed by atoms with E-state index in [4.69, 9.17) is 10.8 Å². The molecule has 0 unspecified atom stereocenters. The lowest BCUT2D eigenvalue weighted by Gasteiger charge is -2.01. The molecule has 0 heterocycles. The molecule has 0 saturated heterocycles. The Morgan fingerprint density at radius 3 is 2.79 bits per heavy atom. The number of benzene rings is 1. The van der Waals surface area contributed by atoms with Crippen LogP contribution in [0, 0.1) is 5.82 Å². The van der Waals surface area contributed by atoms with Crippen molar-refractivity contribution in [1.29, 1.82) is 0 Å². The van der Waals surface area contributed by atoms with Crippen LogP contribution in [0.4, 0.5) is 10.1 Å². The first-order chi connectivity index (χ1) is 6.58. The summed E-state index contributed by atoms with van der Waals surface area (Å²) in [6, 6.07) is 4.18. The third-order valence-corrected chi connectivity index (χ3v) is 2.46. The minimum Gasteiger partial charge on any atom is -0.481 e. The van der Waals surface area contributed by atoms with Gasteiger partial charge in [-0.05, 0) is 18.2 Å². The second kappa shape index (κ2) is 4.85. The van der Waals surface area contributed by atoms with Gasteiger partial charge in [0, 0.05) is 16.3 Å². The van der Waals surface area contributed by atoms with Crippen molar-refractivity contribution in [3.63, 3.8) is 0 Å². The highest BCUT2D eigenvalue weighted by Crippen LogP contribution is 2.22. The molecule has 0 spiro atoms. The molecule has 0 aliphatic carbocycles. The molecular weight excluding hydrogens is 205 g/mol. The normalized spacial score (nSPS) is 10.1. The molecule has 0 amide bonds. The van der Waals surface area contributed by atoms with Gasteiger partial charge in [-0.25, -0.2) is 4.39 Å². The molecular formula is C9H10FNO2S. The van der Waals surface area contributed by atoms with Gasteiger partial charge in [0.15, 0.2) is 0 Å². The van der Waals surface area contributed by atoms with E-state index in [2.05, 4.69) is 0 Å². The predicted molar refractivity (Wildman–Crippen MR) is 53.8 cm³/mol. The highest BCUT2D eigenvalue weighted by molar-refractivity contribution is 7.99. The van der Waals surface area contributed by atoms with E-state index in [1.165, 1.54) is 23.9 Å². The van der Waals surface area contributed by atoms with E-state index in [9.17, 15) is 9.18 Å². The van der Waals surface area contributed by atoms with Crippen LogP contribution in [0.5, 0.6) is 0 Å². The van der Waals surface area contributed by atoms with Crippen LogP contribution in [-0.2, 0) is 4.79 Å². The fourth-order valence-electron chi connectivity index (χ4n) is 0.924. The Hall–Kier alpha value is -1.23. The van der Waals surface area contributed by atoms with Crippen LogP contribution in [0.15, 0.2) is 23.1 Å². The lowest BCUT2D eigenvalue weighted by molar-refractivity contribution is -0.136. The first kappa shape index (κ1) is 10.8. The average molecular weight is 215 g/mol. The Balaban J connectivity index is 2.54. The summed E-state index contributed by atoms with van der Waals surface area (Å²) in [5.41, 5.74) is 5.77. The summed E-state index contributed by atoms with van der Waals surface area (Å²) < 4.78 is 12.8. The minimum absolute atomic E-state index is 0.0566. The number of hydrogen-bond acceptors (Lipinski definition) is 3. The van der Waals surface area contributed by atoms with E-state index < -0.39 is 11.8 Å². The second-order valence-corrected chi connectivity index (χ2v) is 3.88. The maximum absolute atomic E-state index is 12.8. The molecule has 3 N–H and O–H groups in total. The molecule has 5 heteroatoms. The molecule has 0 radical (unpaired) electrons. The number of halogens is 1. The van der Waals surface area contributed by atoms with Crippen LogP contribution < -0.4 is 5.73 Å². The van der Waals surface area contributed by atoms with Crippen molar-refractivity contribution in [2.75, 3.05) is 11.5 Å². The van der Waals surface area contributed by atoms with Crippen molar-refractivity contribution in [2.45, 2.75) is 11.3 Å². The number of hydrogen-bond donors (Lipinski definition) is 2. The Labute approximate surface area is 85.1 Å².